The number of esters is 1. The first kappa shape index (κ1) is 12.0. The number of carbonyl (C=O) groups is 2. The summed E-state index contributed by atoms with van der Waals surface area (Å²) < 4.78 is 6.26. The summed E-state index contributed by atoms with van der Waals surface area (Å²) in [4.78, 5) is 22.2. The highest BCUT2D eigenvalue weighted by Gasteiger charge is 2.08. The molecule has 2 aromatic rings. The summed E-state index contributed by atoms with van der Waals surface area (Å²) in [5.74, 6) is -0.377. The molecule has 0 spiro atoms. The minimum Gasteiger partial charge on any atom is -0.462 e. The molecule has 2 rings (SSSR count). The van der Waals surface area contributed by atoms with Crippen molar-refractivity contribution >= 4 is 12.3 Å². The molecule has 0 N–H and O–H groups in total. The molecule has 6 nitrogen and oxygen atoms in total. The van der Waals surface area contributed by atoms with Crippen molar-refractivity contribution in [3.05, 3.63) is 41.7 Å². The number of aldehydes is 1. The summed E-state index contributed by atoms with van der Waals surface area (Å²) in [5, 5.41) is 7.43. The molecule has 0 aliphatic carbocycles. The Morgan fingerprint density at radius 1 is 1.39 bits per heavy atom. The fourth-order valence-electron chi connectivity index (χ4n) is 1.48. The maximum atomic E-state index is 11.5. The predicted octanol–water partition coefficient (Wildman–Crippen LogP) is 1.26. The van der Waals surface area contributed by atoms with E-state index in [4.69, 9.17) is 4.74 Å². The Hall–Kier alpha value is -2.50. The molecular formula is C12H11N3O3. The van der Waals surface area contributed by atoms with Crippen LogP contribution in [0, 0.1) is 0 Å². The fourth-order valence-corrected chi connectivity index (χ4v) is 1.48. The highest BCUT2D eigenvalue weighted by atomic mass is 16.5. The largest absolute Gasteiger partial charge is 0.462 e. The molecule has 0 aliphatic rings. The zero-order valence-corrected chi connectivity index (χ0v) is 9.74. The third-order valence-electron chi connectivity index (χ3n) is 2.32. The van der Waals surface area contributed by atoms with E-state index in [1.807, 2.05) is 0 Å². The Morgan fingerprint density at radius 2 is 2.11 bits per heavy atom. The number of benzene rings is 1. The zero-order chi connectivity index (χ0) is 13.0. The van der Waals surface area contributed by atoms with E-state index in [0.717, 1.165) is 0 Å². The molecule has 1 aromatic heterocycles. The van der Waals surface area contributed by atoms with Gasteiger partial charge in [-0.2, -0.15) is 0 Å². The van der Waals surface area contributed by atoms with Crippen molar-refractivity contribution in [2.75, 3.05) is 6.61 Å². The average Bonchev–Trinajstić information content (AvgIpc) is 2.87. The first-order chi connectivity index (χ1) is 8.76. The Kier molecular flexibility index (Phi) is 3.47. The van der Waals surface area contributed by atoms with Crippen LogP contribution < -0.4 is 0 Å². The lowest BCUT2D eigenvalue weighted by Gasteiger charge is -2.04. The van der Waals surface area contributed by atoms with Crippen molar-refractivity contribution in [3.8, 4) is 5.69 Å². The number of rotatable bonds is 4. The second-order valence-corrected chi connectivity index (χ2v) is 3.46. The summed E-state index contributed by atoms with van der Waals surface area (Å²) in [6, 6.07) is 6.58. The Morgan fingerprint density at radius 3 is 2.72 bits per heavy atom. The smallest absolute Gasteiger partial charge is 0.338 e. The Bertz CT molecular complexity index is 560. The van der Waals surface area contributed by atoms with Gasteiger partial charge >= 0.3 is 5.97 Å². The van der Waals surface area contributed by atoms with Crippen molar-refractivity contribution in [1.29, 1.82) is 0 Å². The number of ether oxygens (including phenoxy) is 1. The van der Waals surface area contributed by atoms with E-state index in [2.05, 4.69) is 10.3 Å². The molecule has 0 unspecified atom stereocenters. The maximum Gasteiger partial charge on any atom is 0.338 e. The van der Waals surface area contributed by atoms with Crippen LogP contribution in [0.25, 0.3) is 5.69 Å². The number of carbonyl (C=O) groups excluding carboxylic acids is 2. The first-order valence-electron chi connectivity index (χ1n) is 5.39. The summed E-state index contributed by atoms with van der Waals surface area (Å²) in [5.41, 5.74) is 1.45. The van der Waals surface area contributed by atoms with Crippen LogP contribution in [0.2, 0.25) is 0 Å². The topological polar surface area (TPSA) is 74.1 Å². The Labute approximate surface area is 103 Å². The molecule has 18 heavy (non-hydrogen) atoms. The molecule has 0 amide bonds. The second kappa shape index (κ2) is 5.22. The first-order valence-corrected chi connectivity index (χ1v) is 5.39. The molecule has 0 aliphatic heterocycles. The highest BCUT2D eigenvalue weighted by molar-refractivity contribution is 5.89. The van der Waals surface area contributed by atoms with Crippen LogP contribution >= 0.6 is 0 Å². The van der Waals surface area contributed by atoms with Crippen LogP contribution in [-0.2, 0) is 4.74 Å². The van der Waals surface area contributed by atoms with Crippen molar-refractivity contribution < 1.29 is 14.3 Å². The number of nitrogens with zero attached hydrogens (tertiary/aromatic N) is 3. The molecule has 1 heterocycles. The molecule has 6 heteroatoms. The van der Waals surface area contributed by atoms with Crippen LogP contribution in [0.1, 0.15) is 27.8 Å². The van der Waals surface area contributed by atoms with Gasteiger partial charge < -0.3 is 4.74 Å². The number of aromatic nitrogens is 3. The second-order valence-electron chi connectivity index (χ2n) is 3.46. The fraction of sp³-hybridized carbons (Fsp3) is 0.167. The van der Waals surface area contributed by atoms with Crippen molar-refractivity contribution in [2.45, 2.75) is 6.92 Å². The third kappa shape index (κ3) is 2.27. The Balaban J connectivity index is 2.27. The molecular weight excluding hydrogens is 234 g/mol. The lowest BCUT2D eigenvalue weighted by Crippen LogP contribution is -2.06. The minimum absolute atomic E-state index is 0.332. The number of hydrogen-bond acceptors (Lipinski definition) is 5. The zero-order valence-electron chi connectivity index (χ0n) is 9.74. The monoisotopic (exact) mass is 245 g/mol. The van der Waals surface area contributed by atoms with E-state index in [1.165, 1.54) is 10.9 Å². The summed E-state index contributed by atoms with van der Waals surface area (Å²) in [6.07, 6.45) is 2.03. The van der Waals surface area contributed by atoms with Gasteiger partial charge in [0.15, 0.2) is 6.29 Å². The van der Waals surface area contributed by atoms with Gasteiger partial charge in [-0.3, -0.25) is 4.79 Å². The molecule has 92 valence electrons. The third-order valence-corrected chi connectivity index (χ3v) is 2.32. The van der Waals surface area contributed by atoms with Crippen molar-refractivity contribution in [1.82, 2.24) is 15.0 Å². The van der Waals surface area contributed by atoms with Crippen LogP contribution in [-0.4, -0.2) is 33.9 Å². The SMILES string of the molecule is CCOC(=O)c1ccc(-n2nncc2C=O)cc1. The highest BCUT2D eigenvalue weighted by Crippen LogP contribution is 2.11. The van der Waals surface area contributed by atoms with E-state index < -0.39 is 0 Å². The van der Waals surface area contributed by atoms with Gasteiger partial charge in [0.2, 0.25) is 0 Å². The number of hydrogen-bond donors (Lipinski definition) is 0. The van der Waals surface area contributed by atoms with Crippen molar-refractivity contribution in [3.63, 3.8) is 0 Å². The molecule has 0 saturated heterocycles. The standard InChI is InChI=1S/C12H11N3O3/c1-2-18-12(17)9-3-5-10(6-4-9)15-11(8-16)7-13-14-15/h3-8H,2H2,1H3. The molecule has 1 aromatic carbocycles. The van der Waals surface area contributed by atoms with Gasteiger partial charge in [-0.1, -0.05) is 5.21 Å². The lowest BCUT2D eigenvalue weighted by molar-refractivity contribution is 0.0526. The predicted molar refractivity (Wildman–Crippen MR) is 62.7 cm³/mol. The van der Waals surface area contributed by atoms with Gasteiger partial charge in [0.25, 0.3) is 0 Å². The molecule has 0 atom stereocenters. The molecule has 0 bridgehead atoms. The average molecular weight is 245 g/mol. The summed E-state index contributed by atoms with van der Waals surface area (Å²) >= 11 is 0. The van der Waals surface area contributed by atoms with Gasteiger partial charge in [0.1, 0.15) is 5.69 Å². The molecule has 0 fully saturated rings. The normalized spacial score (nSPS) is 10.1. The van der Waals surface area contributed by atoms with E-state index in [9.17, 15) is 9.59 Å². The van der Waals surface area contributed by atoms with E-state index in [0.29, 0.717) is 29.8 Å². The van der Waals surface area contributed by atoms with Crippen LogP contribution in [0.3, 0.4) is 0 Å². The van der Waals surface area contributed by atoms with Gasteiger partial charge in [0, 0.05) is 0 Å². The van der Waals surface area contributed by atoms with Gasteiger partial charge in [-0.15, -0.1) is 5.10 Å². The van der Waals surface area contributed by atoms with Crippen LogP contribution in [0.5, 0.6) is 0 Å². The quantitative estimate of drug-likeness (QED) is 0.598. The van der Waals surface area contributed by atoms with Gasteiger partial charge in [-0.25, -0.2) is 9.48 Å². The van der Waals surface area contributed by atoms with E-state index in [-0.39, 0.29) is 5.97 Å². The summed E-state index contributed by atoms with van der Waals surface area (Å²) in [6.45, 7) is 2.08. The molecule has 0 radical (unpaired) electrons. The summed E-state index contributed by atoms with van der Waals surface area (Å²) in [7, 11) is 0. The minimum atomic E-state index is -0.377. The van der Waals surface area contributed by atoms with E-state index >= 15 is 0 Å². The van der Waals surface area contributed by atoms with Gasteiger partial charge in [-0.05, 0) is 31.2 Å². The molecule has 0 saturated carbocycles. The van der Waals surface area contributed by atoms with Crippen LogP contribution in [0.4, 0.5) is 0 Å². The maximum absolute atomic E-state index is 11.5. The lowest BCUT2D eigenvalue weighted by atomic mass is 10.2. The van der Waals surface area contributed by atoms with Crippen molar-refractivity contribution in [2.24, 2.45) is 0 Å². The van der Waals surface area contributed by atoms with E-state index in [1.54, 1.807) is 31.2 Å². The van der Waals surface area contributed by atoms with Gasteiger partial charge in [0.05, 0.1) is 24.1 Å². The van der Waals surface area contributed by atoms with Crippen LogP contribution in [0.15, 0.2) is 30.5 Å².